The molecule has 0 aliphatic carbocycles. The van der Waals surface area contributed by atoms with Crippen LogP contribution in [0, 0.1) is 5.92 Å². The van der Waals surface area contributed by atoms with E-state index in [1.807, 2.05) is 0 Å². The topological polar surface area (TPSA) is 89.1 Å². The molecule has 1 fully saturated rings. The minimum Gasteiger partial charge on any atom is -0.481 e. The highest BCUT2D eigenvalue weighted by atomic mass is 16.4. The standard InChI is InChI=1S/C7H11NO3.H2O/c1-8-4-5(7(10)11)2-3-6(8)9;/h5H,2-4H2,1H3,(H,10,11);1H2. The summed E-state index contributed by atoms with van der Waals surface area (Å²) in [5, 5.41) is 8.60. The Morgan fingerprint density at radius 1 is 1.67 bits per heavy atom. The van der Waals surface area contributed by atoms with E-state index >= 15 is 0 Å². The van der Waals surface area contributed by atoms with Crippen molar-refractivity contribution in [2.24, 2.45) is 5.92 Å². The zero-order valence-electron chi connectivity index (χ0n) is 6.91. The lowest BCUT2D eigenvalue weighted by molar-refractivity contribution is -0.146. The Labute approximate surface area is 70.3 Å². The van der Waals surface area contributed by atoms with Gasteiger partial charge in [-0.15, -0.1) is 0 Å². The van der Waals surface area contributed by atoms with Crippen LogP contribution in [-0.2, 0) is 9.59 Å². The van der Waals surface area contributed by atoms with Gasteiger partial charge in [0.1, 0.15) is 0 Å². The molecule has 5 nitrogen and oxygen atoms in total. The molecule has 5 heteroatoms. The van der Waals surface area contributed by atoms with E-state index in [1.54, 1.807) is 7.05 Å². The van der Waals surface area contributed by atoms with Crippen molar-refractivity contribution in [1.82, 2.24) is 4.90 Å². The maximum atomic E-state index is 10.9. The molecule has 3 N–H and O–H groups in total. The van der Waals surface area contributed by atoms with Crippen LogP contribution in [0.15, 0.2) is 0 Å². The van der Waals surface area contributed by atoms with Gasteiger partial charge < -0.3 is 15.5 Å². The number of carbonyl (C=O) groups excluding carboxylic acids is 1. The lowest BCUT2D eigenvalue weighted by atomic mass is 9.98. The summed E-state index contributed by atoms with van der Waals surface area (Å²) in [6.07, 6.45) is 0.853. The fourth-order valence-electron chi connectivity index (χ4n) is 1.21. The van der Waals surface area contributed by atoms with Crippen molar-refractivity contribution in [1.29, 1.82) is 0 Å². The molecule has 0 aromatic rings. The highest BCUT2D eigenvalue weighted by molar-refractivity contribution is 5.80. The van der Waals surface area contributed by atoms with Crippen molar-refractivity contribution in [3.05, 3.63) is 0 Å². The highest BCUT2D eigenvalue weighted by Gasteiger charge is 2.27. The van der Waals surface area contributed by atoms with Crippen molar-refractivity contribution in [2.45, 2.75) is 12.8 Å². The lowest BCUT2D eigenvalue weighted by Crippen LogP contribution is -2.39. The molecule has 1 amide bonds. The maximum Gasteiger partial charge on any atom is 0.308 e. The number of likely N-dealkylation sites (tertiary alicyclic amines) is 1. The molecule has 0 radical (unpaired) electrons. The Hall–Kier alpha value is -1.10. The first-order valence-electron chi connectivity index (χ1n) is 3.58. The van der Waals surface area contributed by atoms with Crippen LogP contribution in [0.3, 0.4) is 0 Å². The summed E-state index contributed by atoms with van der Waals surface area (Å²) < 4.78 is 0. The third-order valence-electron chi connectivity index (χ3n) is 1.98. The van der Waals surface area contributed by atoms with Crippen LogP contribution in [0.2, 0.25) is 0 Å². The number of nitrogens with zero attached hydrogens (tertiary/aromatic N) is 1. The lowest BCUT2D eigenvalue weighted by Gasteiger charge is -2.26. The van der Waals surface area contributed by atoms with Gasteiger partial charge in [0.25, 0.3) is 0 Å². The molecule has 0 aromatic carbocycles. The molecule has 1 aliphatic rings. The molecule has 1 rings (SSSR count). The second kappa shape index (κ2) is 4.06. The summed E-state index contributed by atoms with van der Waals surface area (Å²) in [6.45, 7) is 0.355. The van der Waals surface area contributed by atoms with Crippen molar-refractivity contribution >= 4 is 11.9 Å². The number of rotatable bonds is 1. The Balaban J connectivity index is 0.00000121. The number of carbonyl (C=O) groups is 2. The normalized spacial score (nSPS) is 23.2. The van der Waals surface area contributed by atoms with Crippen LogP contribution in [0.4, 0.5) is 0 Å². The monoisotopic (exact) mass is 175 g/mol. The molecule has 0 aromatic heterocycles. The van der Waals surface area contributed by atoms with Crippen molar-refractivity contribution < 1.29 is 20.2 Å². The second-order valence-electron chi connectivity index (χ2n) is 2.85. The Bertz CT molecular complexity index is 192. The van der Waals surface area contributed by atoms with Gasteiger partial charge in [-0.05, 0) is 6.42 Å². The molecule has 12 heavy (non-hydrogen) atoms. The van der Waals surface area contributed by atoms with Crippen LogP contribution in [0.25, 0.3) is 0 Å². The summed E-state index contributed by atoms with van der Waals surface area (Å²) in [5.41, 5.74) is 0. The highest BCUT2D eigenvalue weighted by Crippen LogP contribution is 2.15. The number of carboxylic acid groups (broad SMARTS) is 1. The minimum atomic E-state index is -0.802. The van der Waals surface area contributed by atoms with Crippen LogP contribution in [0.5, 0.6) is 0 Å². The van der Waals surface area contributed by atoms with E-state index in [9.17, 15) is 9.59 Å². The molecule has 0 saturated carbocycles. The summed E-state index contributed by atoms with van der Waals surface area (Å²) >= 11 is 0. The van der Waals surface area contributed by atoms with E-state index < -0.39 is 5.97 Å². The zero-order valence-corrected chi connectivity index (χ0v) is 6.91. The summed E-state index contributed by atoms with van der Waals surface area (Å²) in [4.78, 5) is 22.8. The quantitative estimate of drug-likeness (QED) is 0.560. The number of amides is 1. The Kier molecular flexibility index (Phi) is 3.69. The second-order valence-corrected chi connectivity index (χ2v) is 2.85. The van der Waals surface area contributed by atoms with Crippen molar-refractivity contribution in [3.63, 3.8) is 0 Å². The maximum absolute atomic E-state index is 10.9. The predicted octanol–water partition coefficient (Wildman–Crippen LogP) is -0.885. The van der Waals surface area contributed by atoms with Crippen molar-refractivity contribution in [3.8, 4) is 0 Å². The van der Waals surface area contributed by atoms with Gasteiger partial charge in [0.15, 0.2) is 0 Å². The summed E-state index contributed by atoms with van der Waals surface area (Å²) in [5.74, 6) is -1.12. The fraction of sp³-hybridized carbons (Fsp3) is 0.714. The van der Waals surface area contributed by atoms with Crippen LogP contribution in [0.1, 0.15) is 12.8 Å². The average Bonchev–Trinajstić information content (AvgIpc) is 1.94. The van der Waals surface area contributed by atoms with Gasteiger partial charge >= 0.3 is 5.97 Å². The first-order valence-corrected chi connectivity index (χ1v) is 3.58. The van der Waals surface area contributed by atoms with Crippen LogP contribution >= 0.6 is 0 Å². The third kappa shape index (κ3) is 2.20. The number of hydrogen-bond acceptors (Lipinski definition) is 2. The first-order chi connectivity index (χ1) is 5.11. The summed E-state index contributed by atoms with van der Waals surface area (Å²) in [6, 6.07) is 0. The molecule has 1 unspecified atom stereocenters. The average molecular weight is 175 g/mol. The SMILES string of the molecule is CN1CC(C(=O)O)CCC1=O.O. The van der Waals surface area contributed by atoms with E-state index in [2.05, 4.69) is 0 Å². The van der Waals surface area contributed by atoms with E-state index in [-0.39, 0.29) is 17.3 Å². The van der Waals surface area contributed by atoms with Gasteiger partial charge in [0.2, 0.25) is 5.91 Å². The zero-order chi connectivity index (χ0) is 8.43. The molecule has 0 bridgehead atoms. The van der Waals surface area contributed by atoms with Gasteiger partial charge in [-0.2, -0.15) is 0 Å². The fourth-order valence-corrected chi connectivity index (χ4v) is 1.21. The van der Waals surface area contributed by atoms with Gasteiger partial charge in [-0.3, -0.25) is 9.59 Å². The van der Waals surface area contributed by atoms with E-state index in [4.69, 9.17) is 5.11 Å². The van der Waals surface area contributed by atoms with E-state index in [0.29, 0.717) is 19.4 Å². The molecular formula is C7H13NO4. The van der Waals surface area contributed by atoms with E-state index in [0.717, 1.165) is 0 Å². The Morgan fingerprint density at radius 2 is 2.25 bits per heavy atom. The van der Waals surface area contributed by atoms with Crippen molar-refractivity contribution in [2.75, 3.05) is 13.6 Å². The molecule has 1 saturated heterocycles. The Morgan fingerprint density at radius 3 is 2.67 bits per heavy atom. The smallest absolute Gasteiger partial charge is 0.308 e. The van der Waals surface area contributed by atoms with Gasteiger partial charge in [-0.25, -0.2) is 0 Å². The molecule has 1 atom stereocenters. The van der Waals surface area contributed by atoms with E-state index in [1.165, 1.54) is 4.90 Å². The number of aliphatic carboxylic acids is 1. The van der Waals surface area contributed by atoms with Gasteiger partial charge in [0.05, 0.1) is 5.92 Å². The summed E-state index contributed by atoms with van der Waals surface area (Å²) in [7, 11) is 1.64. The van der Waals surface area contributed by atoms with Gasteiger partial charge in [-0.1, -0.05) is 0 Å². The minimum absolute atomic E-state index is 0. The molecule has 1 heterocycles. The first kappa shape index (κ1) is 10.9. The molecule has 70 valence electrons. The van der Waals surface area contributed by atoms with Crippen LogP contribution < -0.4 is 0 Å². The molecular weight excluding hydrogens is 162 g/mol. The molecule has 0 spiro atoms. The largest absolute Gasteiger partial charge is 0.481 e. The number of carboxylic acids is 1. The predicted molar refractivity (Wildman–Crippen MR) is 41.6 cm³/mol. The molecule has 1 aliphatic heterocycles. The number of hydrogen-bond donors (Lipinski definition) is 1. The number of piperidine rings is 1. The third-order valence-corrected chi connectivity index (χ3v) is 1.98. The van der Waals surface area contributed by atoms with Gasteiger partial charge in [0, 0.05) is 20.0 Å². The van der Waals surface area contributed by atoms with Crippen LogP contribution in [-0.4, -0.2) is 41.0 Å².